The molecule has 1 spiro atoms. The van der Waals surface area contributed by atoms with Crippen molar-refractivity contribution in [1.82, 2.24) is 0 Å². The molecule has 2 saturated carbocycles. The Kier molecular flexibility index (Phi) is 1.79. The Morgan fingerprint density at radius 1 is 1.13 bits per heavy atom. The topological polar surface area (TPSA) is 0 Å². The van der Waals surface area contributed by atoms with Gasteiger partial charge in [-0.15, -0.1) is 0 Å². The van der Waals surface area contributed by atoms with Crippen LogP contribution in [0.1, 0.15) is 47.0 Å². The summed E-state index contributed by atoms with van der Waals surface area (Å²) in [6.45, 7) is 9.97. The van der Waals surface area contributed by atoms with Crippen LogP contribution in [0, 0.1) is 34.5 Å². The normalized spacial score (nSPS) is 55.7. The van der Waals surface area contributed by atoms with E-state index >= 15 is 0 Å². The summed E-state index contributed by atoms with van der Waals surface area (Å²) < 4.78 is 0. The molecule has 0 aromatic heterocycles. The predicted octanol–water partition coefficient (Wildman–Crippen LogP) is 4.27. The highest BCUT2D eigenvalue weighted by Gasteiger charge is 2.62. The maximum absolute atomic E-state index is 2.56. The Balaban J connectivity index is 2.08. The summed E-state index contributed by atoms with van der Waals surface area (Å²) in [6.07, 6.45) is 9.50. The van der Waals surface area contributed by atoms with Gasteiger partial charge in [-0.3, -0.25) is 0 Å². The van der Waals surface area contributed by atoms with Gasteiger partial charge in [0.05, 0.1) is 0 Å². The highest BCUT2D eigenvalue weighted by Crippen LogP contribution is 2.70. The average molecular weight is 204 g/mol. The van der Waals surface area contributed by atoms with Crippen LogP contribution in [-0.4, -0.2) is 0 Å². The minimum absolute atomic E-state index is 0.553. The number of hydrogen-bond donors (Lipinski definition) is 0. The van der Waals surface area contributed by atoms with E-state index in [1.165, 1.54) is 19.3 Å². The lowest BCUT2D eigenvalue weighted by Crippen LogP contribution is -2.31. The lowest BCUT2D eigenvalue weighted by molar-refractivity contribution is 0.115. The van der Waals surface area contributed by atoms with Crippen molar-refractivity contribution < 1.29 is 0 Å². The summed E-state index contributed by atoms with van der Waals surface area (Å²) in [5.41, 5.74) is 1.22. The van der Waals surface area contributed by atoms with E-state index in [-0.39, 0.29) is 0 Å². The molecule has 3 rings (SSSR count). The molecule has 2 bridgehead atoms. The van der Waals surface area contributed by atoms with Gasteiger partial charge in [-0.05, 0) is 53.8 Å². The van der Waals surface area contributed by atoms with Crippen molar-refractivity contribution in [2.45, 2.75) is 47.0 Å². The van der Waals surface area contributed by atoms with Crippen molar-refractivity contribution in [2.75, 3.05) is 0 Å². The highest BCUT2D eigenvalue weighted by molar-refractivity contribution is 5.23. The third-order valence-electron chi connectivity index (χ3n) is 6.23. The first-order chi connectivity index (χ1) is 6.98. The van der Waals surface area contributed by atoms with Gasteiger partial charge in [-0.1, -0.05) is 39.8 Å². The molecule has 0 radical (unpaired) electrons. The van der Waals surface area contributed by atoms with E-state index in [9.17, 15) is 0 Å². The van der Waals surface area contributed by atoms with Crippen LogP contribution < -0.4 is 0 Å². The summed E-state index contributed by atoms with van der Waals surface area (Å²) in [6, 6.07) is 0. The third-order valence-corrected chi connectivity index (χ3v) is 6.23. The van der Waals surface area contributed by atoms with Crippen molar-refractivity contribution in [3.63, 3.8) is 0 Å². The minimum atomic E-state index is 0.553. The maximum atomic E-state index is 2.56. The van der Waals surface area contributed by atoms with E-state index in [1.807, 2.05) is 0 Å². The van der Waals surface area contributed by atoms with E-state index in [0.717, 1.165) is 23.7 Å². The molecule has 0 saturated heterocycles. The fourth-order valence-corrected chi connectivity index (χ4v) is 5.27. The Labute approximate surface area is 94.1 Å². The van der Waals surface area contributed by atoms with Gasteiger partial charge in [-0.2, -0.15) is 0 Å². The molecule has 0 aromatic rings. The zero-order chi connectivity index (χ0) is 10.8. The van der Waals surface area contributed by atoms with Crippen LogP contribution >= 0.6 is 0 Å². The van der Waals surface area contributed by atoms with Crippen molar-refractivity contribution in [1.29, 1.82) is 0 Å². The fraction of sp³-hybridized carbons (Fsp3) is 0.867. The molecular weight excluding hydrogens is 180 g/mol. The molecule has 0 unspecified atom stereocenters. The molecule has 0 heterocycles. The fourth-order valence-electron chi connectivity index (χ4n) is 5.27. The second kappa shape index (κ2) is 2.70. The van der Waals surface area contributed by atoms with Gasteiger partial charge in [-0.25, -0.2) is 0 Å². The number of hydrogen-bond acceptors (Lipinski definition) is 0. The second-order valence-corrected chi connectivity index (χ2v) is 7.03. The van der Waals surface area contributed by atoms with Gasteiger partial charge in [0.1, 0.15) is 0 Å². The smallest absolute Gasteiger partial charge is 0.0117 e. The lowest BCUT2D eigenvalue weighted by Gasteiger charge is -2.39. The monoisotopic (exact) mass is 204 g/mol. The minimum Gasteiger partial charge on any atom is -0.0848 e. The first kappa shape index (κ1) is 9.93. The molecular formula is C15H24. The molecule has 3 aliphatic rings. The summed E-state index contributed by atoms with van der Waals surface area (Å²) >= 11 is 0. The zero-order valence-corrected chi connectivity index (χ0v) is 10.6. The van der Waals surface area contributed by atoms with Crippen LogP contribution in [0.25, 0.3) is 0 Å². The van der Waals surface area contributed by atoms with Crippen LogP contribution in [0.15, 0.2) is 12.2 Å². The van der Waals surface area contributed by atoms with Crippen LogP contribution in [0.3, 0.4) is 0 Å². The molecule has 0 N–H and O–H groups in total. The van der Waals surface area contributed by atoms with Crippen molar-refractivity contribution in [2.24, 2.45) is 34.5 Å². The van der Waals surface area contributed by atoms with E-state index < -0.39 is 0 Å². The van der Waals surface area contributed by atoms with Gasteiger partial charge in [0.15, 0.2) is 0 Å². The summed E-state index contributed by atoms with van der Waals surface area (Å²) in [7, 11) is 0. The molecule has 0 aliphatic heterocycles. The standard InChI is InChI=1S/C15H24/c1-10-7-8-15-9-12(10)14(3,4)13(15)6-5-11(15)2/h5-6,10-13H,7-9H2,1-4H3/t10-,11-,12+,13+,15+/m1/s1. The van der Waals surface area contributed by atoms with Gasteiger partial charge in [0.25, 0.3) is 0 Å². The summed E-state index contributed by atoms with van der Waals surface area (Å²) in [5.74, 6) is 3.63. The molecule has 5 atom stereocenters. The Morgan fingerprint density at radius 3 is 2.60 bits per heavy atom. The van der Waals surface area contributed by atoms with Gasteiger partial charge in [0, 0.05) is 0 Å². The maximum Gasteiger partial charge on any atom is -0.0117 e. The van der Waals surface area contributed by atoms with Gasteiger partial charge in [0.2, 0.25) is 0 Å². The van der Waals surface area contributed by atoms with Crippen LogP contribution in [0.5, 0.6) is 0 Å². The van der Waals surface area contributed by atoms with E-state index in [4.69, 9.17) is 0 Å². The molecule has 0 aromatic carbocycles. The van der Waals surface area contributed by atoms with Crippen molar-refractivity contribution in [3.8, 4) is 0 Å². The van der Waals surface area contributed by atoms with E-state index in [0.29, 0.717) is 10.8 Å². The third kappa shape index (κ3) is 0.990. The van der Waals surface area contributed by atoms with Crippen LogP contribution in [0.2, 0.25) is 0 Å². The molecule has 15 heavy (non-hydrogen) atoms. The van der Waals surface area contributed by atoms with Crippen molar-refractivity contribution >= 4 is 0 Å². The van der Waals surface area contributed by atoms with Crippen LogP contribution in [-0.2, 0) is 0 Å². The first-order valence-corrected chi connectivity index (χ1v) is 6.67. The van der Waals surface area contributed by atoms with E-state index in [2.05, 4.69) is 39.8 Å². The molecule has 2 fully saturated rings. The first-order valence-electron chi connectivity index (χ1n) is 6.67. The lowest BCUT2D eigenvalue weighted by atomic mass is 9.65. The Hall–Kier alpha value is -0.260. The van der Waals surface area contributed by atoms with E-state index in [1.54, 1.807) is 0 Å². The second-order valence-electron chi connectivity index (χ2n) is 7.03. The Bertz CT molecular complexity index is 312. The van der Waals surface area contributed by atoms with Crippen molar-refractivity contribution in [3.05, 3.63) is 12.2 Å². The quantitative estimate of drug-likeness (QED) is 0.517. The number of allylic oxidation sites excluding steroid dienone is 2. The Morgan fingerprint density at radius 2 is 1.87 bits per heavy atom. The predicted molar refractivity (Wildman–Crippen MR) is 64.5 cm³/mol. The molecule has 0 nitrogen and oxygen atoms in total. The molecule has 0 amide bonds. The summed E-state index contributed by atoms with van der Waals surface area (Å²) in [5, 5.41) is 0. The number of rotatable bonds is 0. The summed E-state index contributed by atoms with van der Waals surface area (Å²) in [4.78, 5) is 0. The number of fused-ring (bicyclic) bond motifs is 1. The van der Waals surface area contributed by atoms with Crippen LogP contribution in [0.4, 0.5) is 0 Å². The van der Waals surface area contributed by atoms with Gasteiger partial charge < -0.3 is 0 Å². The SMILES string of the molecule is C[C@@H]1CC[C@@]23C[C@@H]1C(C)(C)[C@@H]2C=C[C@H]3C. The average Bonchev–Trinajstić information content (AvgIpc) is 2.57. The zero-order valence-electron chi connectivity index (χ0n) is 10.6. The molecule has 0 heteroatoms. The highest BCUT2D eigenvalue weighted by atomic mass is 14.7. The molecule has 84 valence electrons. The molecule has 3 aliphatic carbocycles. The largest absolute Gasteiger partial charge is 0.0848 e. The van der Waals surface area contributed by atoms with Gasteiger partial charge >= 0.3 is 0 Å².